The largest absolute Gasteiger partial charge is 0.372 e. The SMILES string of the molecule is Brc1ccc(COCc2cccc(Br)c2)cc1. The number of benzene rings is 2. The quantitative estimate of drug-likeness (QED) is 0.755. The fourth-order valence-corrected chi connectivity index (χ4v) is 2.21. The van der Waals surface area contributed by atoms with Crippen LogP contribution in [-0.2, 0) is 18.0 Å². The van der Waals surface area contributed by atoms with E-state index in [9.17, 15) is 0 Å². The van der Waals surface area contributed by atoms with Crippen molar-refractivity contribution in [3.8, 4) is 0 Å². The van der Waals surface area contributed by atoms with Gasteiger partial charge in [-0.15, -0.1) is 0 Å². The molecule has 88 valence electrons. The fraction of sp³-hybridized carbons (Fsp3) is 0.143. The first-order chi connectivity index (χ1) is 8.24. The summed E-state index contributed by atoms with van der Waals surface area (Å²) >= 11 is 6.86. The Hall–Kier alpha value is -0.640. The molecule has 2 aromatic carbocycles. The maximum Gasteiger partial charge on any atom is 0.0721 e. The minimum Gasteiger partial charge on any atom is -0.372 e. The van der Waals surface area contributed by atoms with E-state index >= 15 is 0 Å². The van der Waals surface area contributed by atoms with Crippen LogP contribution in [0.2, 0.25) is 0 Å². The van der Waals surface area contributed by atoms with Crippen molar-refractivity contribution < 1.29 is 4.74 Å². The standard InChI is InChI=1S/C14H12Br2O/c15-13-6-4-11(5-7-13)9-17-10-12-2-1-3-14(16)8-12/h1-8H,9-10H2. The Morgan fingerprint density at radius 2 is 1.47 bits per heavy atom. The van der Waals surface area contributed by atoms with Gasteiger partial charge in [-0.3, -0.25) is 0 Å². The van der Waals surface area contributed by atoms with Crippen molar-refractivity contribution in [3.05, 3.63) is 68.6 Å². The number of hydrogen-bond donors (Lipinski definition) is 0. The Kier molecular flexibility index (Phi) is 4.77. The van der Waals surface area contributed by atoms with Gasteiger partial charge >= 0.3 is 0 Å². The van der Waals surface area contributed by atoms with E-state index in [2.05, 4.69) is 56.1 Å². The van der Waals surface area contributed by atoms with Gasteiger partial charge in [0.15, 0.2) is 0 Å². The van der Waals surface area contributed by atoms with Gasteiger partial charge in [0.1, 0.15) is 0 Å². The van der Waals surface area contributed by atoms with Gasteiger partial charge < -0.3 is 4.74 Å². The third-order valence-electron chi connectivity index (χ3n) is 2.34. The zero-order chi connectivity index (χ0) is 12.1. The van der Waals surface area contributed by atoms with Crippen LogP contribution < -0.4 is 0 Å². The molecule has 0 aliphatic carbocycles. The molecule has 0 saturated heterocycles. The minimum absolute atomic E-state index is 0.634. The van der Waals surface area contributed by atoms with Crippen molar-refractivity contribution in [2.45, 2.75) is 13.2 Å². The number of halogens is 2. The molecule has 0 radical (unpaired) electrons. The van der Waals surface area contributed by atoms with E-state index in [0.717, 1.165) is 8.95 Å². The van der Waals surface area contributed by atoms with Gasteiger partial charge in [-0.1, -0.05) is 56.1 Å². The lowest BCUT2D eigenvalue weighted by molar-refractivity contribution is 0.107. The van der Waals surface area contributed by atoms with Crippen molar-refractivity contribution in [2.24, 2.45) is 0 Å². The molecule has 0 fully saturated rings. The van der Waals surface area contributed by atoms with E-state index in [-0.39, 0.29) is 0 Å². The van der Waals surface area contributed by atoms with E-state index in [4.69, 9.17) is 4.74 Å². The van der Waals surface area contributed by atoms with Gasteiger partial charge in [-0.05, 0) is 35.4 Å². The van der Waals surface area contributed by atoms with Crippen LogP contribution in [0.25, 0.3) is 0 Å². The van der Waals surface area contributed by atoms with E-state index < -0.39 is 0 Å². The highest BCUT2D eigenvalue weighted by molar-refractivity contribution is 9.10. The summed E-state index contributed by atoms with van der Waals surface area (Å²) in [5.41, 5.74) is 2.36. The molecule has 0 heterocycles. The predicted octanol–water partition coefficient (Wildman–Crippen LogP) is 4.93. The minimum atomic E-state index is 0.634. The summed E-state index contributed by atoms with van der Waals surface area (Å²) in [6.07, 6.45) is 0. The van der Waals surface area contributed by atoms with Gasteiger partial charge in [0, 0.05) is 8.95 Å². The lowest BCUT2D eigenvalue weighted by Crippen LogP contribution is -1.93. The van der Waals surface area contributed by atoms with Gasteiger partial charge in [0.05, 0.1) is 13.2 Å². The molecule has 0 unspecified atom stereocenters. The average molecular weight is 356 g/mol. The Bertz CT molecular complexity index is 480. The highest BCUT2D eigenvalue weighted by Gasteiger charge is 1.96. The number of hydrogen-bond acceptors (Lipinski definition) is 1. The first kappa shape index (κ1) is 12.8. The predicted molar refractivity (Wildman–Crippen MR) is 76.8 cm³/mol. The average Bonchev–Trinajstić information content (AvgIpc) is 2.32. The number of ether oxygens (including phenoxy) is 1. The topological polar surface area (TPSA) is 9.23 Å². The molecule has 0 bridgehead atoms. The third kappa shape index (κ3) is 4.26. The Labute approximate surface area is 118 Å². The summed E-state index contributed by atoms with van der Waals surface area (Å²) in [5, 5.41) is 0. The molecule has 0 saturated carbocycles. The number of rotatable bonds is 4. The van der Waals surface area contributed by atoms with Gasteiger partial charge in [-0.2, -0.15) is 0 Å². The van der Waals surface area contributed by atoms with Crippen molar-refractivity contribution >= 4 is 31.9 Å². The second-order valence-electron chi connectivity index (χ2n) is 3.75. The van der Waals surface area contributed by atoms with Crippen molar-refractivity contribution in [1.29, 1.82) is 0 Å². The van der Waals surface area contributed by atoms with Crippen LogP contribution in [0.3, 0.4) is 0 Å². The van der Waals surface area contributed by atoms with Crippen LogP contribution in [0, 0.1) is 0 Å². The summed E-state index contributed by atoms with van der Waals surface area (Å²) in [6, 6.07) is 16.3. The molecule has 0 aliphatic heterocycles. The molecule has 0 aliphatic rings. The van der Waals surface area contributed by atoms with E-state index in [1.807, 2.05) is 24.3 Å². The summed E-state index contributed by atoms with van der Waals surface area (Å²) in [4.78, 5) is 0. The van der Waals surface area contributed by atoms with Crippen LogP contribution in [0.1, 0.15) is 11.1 Å². The van der Waals surface area contributed by atoms with Crippen LogP contribution in [0.15, 0.2) is 57.5 Å². The lowest BCUT2D eigenvalue weighted by atomic mass is 10.2. The van der Waals surface area contributed by atoms with E-state index in [0.29, 0.717) is 13.2 Å². The normalized spacial score (nSPS) is 10.5. The summed E-state index contributed by atoms with van der Waals surface area (Å²) in [5.74, 6) is 0. The molecule has 3 heteroatoms. The summed E-state index contributed by atoms with van der Waals surface area (Å²) in [6.45, 7) is 1.27. The Morgan fingerprint density at radius 3 is 2.18 bits per heavy atom. The second-order valence-corrected chi connectivity index (χ2v) is 5.58. The highest BCUT2D eigenvalue weighted by Crippen LogP contribution is 2.14. The summed E-state index contributed by atoms with van der Waals surface area (Å²) in [7, 11) is 0. The van der Waals surface area contributed by atoms with Crippen molar-refractivity contribution in [2.75, 3.05) is 0 Å². The first-order valence-electron chi connectivity index (χ1n) is 5.31. The van der Waals surface area contributed by atoms with E-state index in [1.54, 1.807) is 0 Å². The summed E-state index contributed by atoms with van der Waals surface area (Å²) < 4.78 is 7.84. The maximum absolute atomic E-state index is 5.66. The lowest BCUT2D eigenvalue weighted by Gasteiger charge is -2.05. The third-order valence-corrected chi connectivity index (χ3v) is 3.36. The van der Waals surface area contributed by atoms with Crippen LogP contribution in [-0.4, -0.2) is 0 Å². The van der Waals surface area contributed by atoms with Crippen LogP contribution in [0.5, 0.6) is 0 Å². The highest BCUT2D eigenvalue weighted by atomic mass is 79.9. The Morgan fingerprint density at radius 1 is 0.765 bits per heavy atom. The van der Waals surface area contributed by atoms with Gasteiger partial charge in [-0.25, -0.2) is 0 Å². The molecule has 2 aromatic rings. The maximum atomic E-state index is 5.66. The van der Waals surface area contributed by atoms with Crippen molar-refractivity contribution in [3.63, 3.8) is 0 Å². The Balaban J connectivity index is 1.85. The molecular formula is C14H12Br2O. The zero-order valence-corrected chi connectivity index (χ0v) is 12.4. The smallest absolute Gasteiger partial charge is 0.0721 e. The molecule has 17 heavy (non-hydrogen) atoms. The second kappa shape index (κ2) is 6.34. The molecule has 1 nitrogen and oxygen atoms in total. The molecule has 0 amide bonds. The van der Waals surface area contributed by atoms with Gasteiger partial charge in [0.25, 0.3) is 0 Å². The molecule has 2 rings (SSSR count). The first-order valence-corrected chi connectivity index (χ1v) is 6.89. The molecule has 0 spiro atoms. The van der Waals surface area contributed by atoms with Crippen molar-refractivity contribution in [1.82, 2.24) is 0 Å². The van der Waals surface area contributed by atoms with Crippen LogP contribution in [0.4, 0.5) is 0 Å². The molecular weight excluding hydrogens is 344 g/mol. The monoisotopic (exact) mass is 354 g/mol. The molecule has 0 aromatic heterocycles. The van der Waals surface area contributed by atoms with Gasteiger partial charge in [0.2, 0.25) is 0 Å². The van der Waals surface area contributed by atoms with E-state index in [1.165, 1.54) is 11.1 Å². The zero-order valence-electron chi connectivity index (χ0n) is 9.20. The molecule has 0 atom stereocenters. The molecule has 0 N–H and O–H groups in total. The fourth-order valence-electron chi connectivity index (χ4n) is 1.49. The van der Waals surface area contributed by atoms with Crippen LogP contribution >= 0.6 is 31.9 Å².